The topological polar surface area (TPSA) is 83.6 Å². The minimum atomic E-state index is -3.82. The number of benzene rings is 2. The molecule has 0 spiro atoms. The molecule has 1 aliphatic carbocycles. The minimum absolute atomic E-state index is 0.112. The van der Waals surface area contributed by atoms with Gasteiger partial charge in [0.05, 0.1) is 22.5 Å². The summed E-state index contributed by atoms with van der Waals surface area (Å²) in [6.45, 7) is 1.72. The van der Waals surface area contributed by atoms with Gasteiger partial charge in [-0.1, -0.05) is 30.3 Å². The van der Waals surface area contributed by atoms with E-state index in [1.807, 2.05) is 0 Å². The number of hydrogen-bond donors (Lipinski definition) is 1. The van der Waals surface area contributed by atoms with E-state index in [0.29, 0.717) is 11.3 Å². The predicted molar refractivity (Wildman–Crippen MR) is 98.8 cm³/mol. The third kappa shape index (κ3) is 3.80. The fourth-order valence-electron chi connectivity index (χ4n) is 2.76. The van der Waals surface area contributed by atoms with Gasteiger partial charge in [0.15, 0.2) is 0 Å². The Hall–Kier alpha value is -2.06. The number of nitrogens with one attached hydrogen (secondary N) is 1. The van der Waals surface area contributed by atoms with Crippen molar-refractivity contribution >= 4 is 31.4 Å². The van der Waals surface area contributed by atoms with Crippen LogP contribution in [0.15, 0.2) is 53.4 Å². The summed E-state index contributed by atoms with van der Waals surface area (Å²) < 4.78 is 53.8. The molecule has 3 rings (SSSR count). The first-order valence-electron chi connectivity index (χ1n) is 7.87. The normalized spacial score (nSPS) is 15.0. The lowest BCUT2D eigenvalue weighted by atomic mass is 10.2. The van der Waals surface area contributed by atoms with Crippen molar-refractivity contribution in [3.63, 3.8) is 0 Å². The van der Waals surface area contributed by atoms with Crippen LogP contribution in [0.25, 0.3) is 0 Å². The Morgan fingerprint density at radius 3 is 2.16 bits per heavy atom. The highest BCUT2D eigenvalue weighted by molar-refractivity contribution is 7.93. The molecule has 2 aromatic carbocycles. The quantitative estimate of drug-likeness (QED) is 0.835. The zero-order chi connectivity index (χ0) is 18.2. The average Bonchev–Trinajstić information content (AvgIpc) is 3.32. The Balaban J connectivity index is 2.04. The van der Waals surface area contributed by atoms with E-state index in [4.69, 9.17) is 0 Å². The van der Waals surface area contributed by atoms with Crippen LogP contribution in [0.5, 0.6) is 0 Å². The number of para-hydroxylation sites is 2. The molecule has 0 atom stereocenters. The molecular weight excluding hydrogens is 360 g/mol. The highest BCUT2D eigenvalue weighted by atomic mass is 32.2. The van der Waals surface area contributed by atoms with E-state index in [2.05, 4.69) is 4.72 Å². The van der Waals surface area contributed by atoms with E-state index in [9.17, 15) is 16.8 Å². The molecule has 0 heterocycles. The van der Waals surface area contributed by atoms with Gasteiger partial charge >= 0.3 is 0 Å². The number of anilines is 2. The van der Waals surface area contributed by atoms with Crippen LogP contribution in [0.2, 0.25) is 0 Å². The summed E-state index contributed by atoms with van der Waals surface area (Å²) in [6.07, 6.45) is 2.68. The molecule has 0 saturated heterocycles. The van der Waals surface area contributed by atoms with Crippen molar-refractivity contribution < 1.29 is 16.8 Å². The molecule has 1 fully saturated rings. The third-order valence-electron chi connectivity index (χ3n) is 4.00. The molecule has 0 amide bonds. The van der Waals surface area contributed by atoms with Crippen molar-refractivity contribution in [2.45, 2.75) is 30.7 Å². The van der Waals surface area contributed by atoms with Gasteiger partial charge in [0.1, 0.15) is 0 Å². The first-order chi connectivity index (χ1) is 11.7. The molecule has 1 saturated carbocycles. The highest BCUT2D eigenvalue weighted by Gasteiger charge is 2.36. The number of aryl methyl sites for hydroxylation is 1. The van der Waals surface area contributed by atoms with Gasteiger partial charge in [-0.3, -0.25) is 9.03 Å². The lowest BCUT2D eigenvalue weighted by Gasteiger charge is -2.25. The Morgan fingerprint density at radius 2 is 1.56 bits per heavy atom. The molecule has 2 aromatic rings. The molecule has 0 bridgehead atoms. The molecule has 0 aromatic heterocycles. The van der Waals surface area contributed by atoms with Crippen LogP contribution in [-0.4, -0.2) is 29.1 Å². The van der Waals surface area contributed by atoms with E-state index in [-0.39, 0.29) is 16.6 Å². The second-order valence-corrected chi connectivity index (χ2v) is 9.69. The van der Waals surface area contributed by atoms with E-state index in [0.717, 1.165) is 19.1 Å². The Kier molecular flexibility index (Phi) is 4.51. The van der Waals surface area contributed by atoms with Gasteiger partial charge in [0, 0.05) is 6.04 Å². The Bertz CT molecular complexity index is 997. The number of rotatable bonds is 6. The molecule has 8 heteroatoms. The van der Waals surface area contributed by atoms with Crippen molar-refractivity contribution in [3.8, 4) is 0 Å². The van der Waals surface area contributed by atoms with Gasteiger partial charge in [-0.15, -0.1) is 0 Å². The van der Waals surface area contributed by atoms with Crippen LogP contribution in [-0.2, 0) is 20.0 Å². The zero-order valence-corrected chi connectivity index (χ0v) is 15.6. The van der Waals surface area contributed by atoms with E-state index in [1.165, 1.54) is 10.4 Å². The first kappa shape index (κ1) is 17.8. The monoisotopic (exact) mass is 380 g/mol. The predicted octanol–water partition coefficient (Wildman–Crippen LogP) is 2.72. The van der Waals surface area contributed by atoms with Crippen LogP contribution in [0.3, 0.4) is 0 Å². The lowest BCUT2D eigenvalue weighted by molar-refractivity contribution is 0.595. The molecule has 6 nitrogen and oxygen atoms in total. The third-order valence-corrected chi connectivity index (χ3v) is 6.74. The minimum Gasteiger partial charge on any atom is -0.277 e. The van der Waals surface area contributed by atoms with Crippen molar-refractivity contribution in [3.05, 3.63) is 54.1 Å². The summed E-state index contributed by atoms with van der Waals surface area (Å²) >= 11 is 0. The number of hydrogen-bond acceptors (Lipinski definition) is 4. The van der Waals surface area contributed by atoms with Crippen LogP contribution < -0.4 is 9.03 Å². The Morgan fingerprint density at radius 1 is 0.960 bits per heavy atom. The summed E-state index contributed by atoms with van der Waals surface area (Å²) in [6, 6.07) is 13.1. The van der Waals surface area contributed by atoms with Crippen molar-refractivity contribution in [2.24, 2.45) is 0 Å². The summed E-state index contributed by atoms with van der Waals surface area (Å²) in [4.78, 5) is 0.169. The van der Waals surface area contributed by atoms with Crippen molar-refractivity contribution in [1.29, 1.82) is 0 Å². The van der Waals surface area contributed by atoms with Crippen molar-refractivity contribution in [1.82, 2.24) is 0 Å². The molecule has 25 heavy (non-hydrogen) atoms. The maximum Gasteiger partial charge on any atom is 0.262 e. The van der Waals surface area contributed by atoms with Gasteiger partial charge in [0.2, 0.25) is 10.0 Å². The molecular formula is C17H20N2O4S2. The van der Waals surface area contributed by atoms with E-state index < -0.39 is 20.0 Å². The van der Waals surface area contributed by atoms with Crippen LogP contribution in [0.1, 0.15) is 18.4 Å². The number of nitrogens with zero attached hydrogens (tertiary/aromatic N) is 1. The maximum absolute atomic E-state index is 12.8. The molecule has 0 aliphatic heterocycles. The van der Waals surface area contributed by atoms with Crippen LogP contribution in [0, 0.1) is 6.92 Å². The van der Waals surface area contributed by atoms with E-state index >= 15 is 0 Å². The van der Waals surface area contributed by atoms with Gasteiger partial charge in [-0.2, -0.15) is 0 Å². The van der Waals surface area contributed by atoms with Gasteiger partial charge in [-0.05, 0) is 43.5 Å². The van der Waals surface area contributed by atoms with Crippen molar-refractivity contribution in [2.75, 3.05) is 15.3 Å². The summed E-state index contributed by atoms with van der Waals surface area (Å²) in [5, 5.41) is 0. The van der Waals surface area contributed by atoms with Crippen LogP contribution in [0.4, 0.5) is 11.4 Å². The van der Waals surface area contributed by atoms with Gasteiger partial charge < -0.3 is 0 Å². The molecule has 0 unspecified atom stereocenters. The highest BCUT2D eigenvalue weighted by Crippen LogP contribution is 2.38. The average molecular weight is 380 g/mol. The molecule has 0 radical (unpaired) electrons. The second-order valence-electron chi connectivity index (χ2n) is 6.18. The maximum atomic E-state index is 12.8. The summed E-state index contributed by atoms with van der Waals surface area (Å²) in [7, 11) is -7.33. The first-order valence-corrected chi connectivity index (χ1v) is 11.2. The van der Waals surface area contributed by atoms with Crippen LogP contribution >= 0.6 is 0 Å². The van der Waals surface area contributed by atoms with Gasteiger partial charge in [-0.25, -0.2) is 16.8 Å². The standard InChI is InChI=1S/C17H20N2O4S2/c1-13-7-3-6-10-17(13)25(22,23)18-15-8-4-5-9-16(15)19(14-11-12-14)24(2,20)21/h3-10,14,18H,11-12H2,1-2H3. The molecule has 1 N–H and O–H groups in total. The second kappa shape index (κ2) is 6.34. The lowest BCUT2D eigenvalue weighted by Crippen LogP contribution is -2.33. The van der Waals surface area contributed by atoms with E-state index in [1.54, 1.807) is 49.4 Å². The van der Waals surface area contributed by atoms with Gasteiger partial charge in [0.25, 0.3) is 10.0 Å². The smallest absolute Gasteiger partial charge is 0.262 e. The summed E-state index contributed by atoms with van der Waals surface area (Å²) in [5.41, 5.74) is 1.22. The SMILES string of the molecule is Cc1ccccc1S(=O)(=O)Nc1ccccc1N(C1CC1)S(C)(=O)=O. The molecule has 134 valence electrons. The largest absolute Gasteiger partial charge is 0.277 e. The Labute approximate surface area is 148 Å². The fourth-order valence-corrected chi connectivity index (χ4v) is 5.36. The molecule has 1 aliphatic rings. The number of sulfonamides is 2. The fraction of sp³-hybridized carbons (Fsp3) is 0.294. The zero-order valence-electron chi connectivity index (χ0n) is 14.0. The summed E-state index contributed by atoms with van der Waals surface area (Å²) in [5.74, 6) is 0.